The molecule has 4 heterocycles. The number of aromatic nitrogens is 2. The number of anilines is 1. The molecule has 7 heteroatoms. The Balaban J connectivity index is 1.28. The number of carbonyl (C=O) groups is 1. The van der Waals surface area contributed by atoms with Gasteiger partial charge in [-0.25, -0.2) is 4.98 Å². The van der Waals surface area contributed by atoms with Crippen molar-refractivity contribution in [2.45, 2.75) is 31.7 Å². The first-order valence-corrected chi connectivity index (χ1v) is 11.5. The Hall–Kier alpha value is -2.25. The number of rotatable bonds is 7. The molecule has 1 atom stereocenters. The topological polar surface area (TPSA) is 58.1 Å². The summed E-state index contributed by atoms with van der Waals surface area (Å²) in [4.78, 5) is 24.3. The molecule has 1 aliphatic carbocycles. The molecule has 1 N–H and O–H groups in total. The number of amides is 1. The minimum Gasteiger partial charge on any atom is -0.354 e. The van der Waals surface area contributed by atoms with Crippen LogP contribution in [0.3, 0.4) is 0 Å². The van der Waals surface area contributed by atoms with E-state index in [1.807, 2.05) is 18.3 Å². The van der Waals surface area contributed by atoms with E-state index in [4.69, 9.17) is 4.98 Å². The number of nitrogens with one attached hydrogen (secondary N) is 1. The van der Waals surface area contributed by atoms with Crippen LogP contribution >= 0.6 is 22.7 Å². The highest BCUT2D eigenvalue weighted by atomic mass is 32.1. The van der Waals surface area contributed by atoms with Crippen molar-refractivity contribution < 1.29 is 4.79 Å². The number of nitrogens with zero attached hydrogens (tertiary/aromatic N) is 3. The summed E-state index contributed by atoms with van der Waals surface area (Å²) in [6, 6.07) is 5.97. The summed E-state index contributed by atoms with van der Waals surface area (Å²) < 4.78 is 0. The number of carbonyl (C=O) groups excluding carboxylic acids is 1. The molecule has 2 aliphatic rings. The first-order valence-electron chi connectivity index (χ1n) is 9.73. The van der Waals surface area contributed by atoms with E-state index in [2.05, 4.69) is 32.0 Å². The fraction of sp³-hybridized carbons (Fsp3) is 0.381. The minimum atomic E-state index is -0.125. The van der Waals surface area contributed by atoms with Gasteiger partial charge in [-0.3, -0.25) is 9.78 Å². The van der Waals surface area contributed by atoms with Crippen LogP contribution in [-0.2, 0) is 17.6 Å². The fourth-order valence-corrected chi connectivity index (χ4v) is 5.53. The summed E-state index contributed by atoms with van der Waals surface area (Å²) in [7, 11) is 0. The Morgan fingerprint density at radius 3 is 3.00 bits per heavy atom. The van der Waals surface area contributed by atoms with Crippen LogP contribution in [0.1, 0.15) is 24.1 Å². The molecule has 0 aromatic carbocycles. The Kier molecular flexibility index (Phi) is 4.86. The lowest BCUT2D eigenvalue weighted by atomic mass is 10.1. The predicted octanol–water partition coefficient (Wildman–Crippen LogP) is 3.77. The van der Waals surface area contributed by atoms with Gasteiger partial charge in [0.15, 0.2) is 0 Å². The third-order valence-corrected chi connectivity index (χ3v) is 7.23. The number of thiazole rings is 1. The number of fused-ring (bicyclic) bond motifs is 1. The summed E-state index contributed by atoms with van der Waals surface area (Å²) in [5.41, 5.74) is 3.41. The predicted molar refractivity (Wildman–Crippen MR) is 114 cm³/mol. The van der Waals surface area contributed by atoms with Gasteiger partial charge in [0.2, 0.25) is 5.91 Å². The van der Waals surface area contributed by atoms with E-state index >= 15 is 0 Å². The van der Waals surface area contributed by atoms with Crippen LogP contribution in [0.15, 0.2) is 41.4 Å². The zero-order valence-corrected chi connectivity index (χ0v) is 17.1. The molecule has 3 aromatic heterocycles. The zero-order chi connectivity index (χ0) is 18.9. The molecule has 0 bridgehead atoms. The first kappa shape index (κ1) is 17.8. The highest BCUT2D eigenvalue weighted by molar-refractivity contribution is 7.19. The van der Waals surface area contributed by atoms with Crippen LogP contribution in [0.2, 0.25) is 0 Å². The van der Waals surface area contributed by atoms with Gasteiger partial charge in [-0.05, 0) is 48.3 Å². The van der Waals surface area contributed by atoms with Gasteiger partial charge in [0.05, 0.1) is 5.69 Å². The van der Waals surface area contributed by atoms with E-state index in [0.717, 1.165) is 35.1 Å². The van der Waals surface area contributed by atoms with Crippen molar-refractivity contribution in [2.75, 3.05) is 18.0 Å². The summed E-state index contributed by atoms with van der Waals surface area (Å²) in [5.74, 6) is 0.843. The summed E-state index contributed by atoms with van der Waals surface area (Å²) in [6.07, 6.45) is 7.69. The van der Waals surface area contributed by atoms with E-state index in [1.165, 1.54) is 23.4 Å². The Labute approximate surface area is 172 Å². The SMILES string of the molecule is O=C(NCCc1cccnc1)C1Cc2nc(-c3ccsc3)sc2N1CC1CC1. The van der Waals surface area contributed by atoms with Gasteiger partial charge in [0.1, 0.15) is 16.1 Å². The number of hydrogen-bond acceptors (Lipinski definition) is 6. The van der Waals surface area contributed by atoms with Gasteiger partial charge < -0.3 is 10.2 Å². The molecule has 1 unspecified atom stereocenters. The van der Waals surface area contributed by atoms with E-state index in [0.29, 0.717) is 13.0 Å². The first-order chi connectivity index (χ1) is 13.8. The van der Waals surface area contributed by atoms with E-state index in [-0.39, 0.29) is 11.9 Å². The molecule has 0 radical (unpaired) electrons. The molecule has 0 spiro atoms. The van der Waals surface area contributed by atoms with E-state index in [1.54, 1.807) is 28.9 Å². The van der Waals surface area contributed by atoms with Gasteiger partial charge >= 0.3 is 0 Å². The molecule has 5 nitrogen and oxygen atoms in total. The lowest BCUT2D eigenvalue weighted by Crippen LogP contribution is -2.46. The van der Waals surface area contributed by atoms with Gasteiger partial charge in [-0.2, -0.15) is 11.3 Å². The lowest BCUT2D eigenvalue weighted by molar-refractivity contribution is -0.122. The molecule has 0 saturated heterocycles. The number of hydrogen-bond donors (Lipinski definition) is 1. The normalized spacial score (nSPS) is 18.3. The summed E-state index contributed by atoms with van der Waals surface area (Å²) in [5, 5.41) is 9.63. The standard InChI is InChI=1S/C21H22N4OS2/c26-19(23-8-5-14-2-1-7-22-11-14)18-10-17-21(25(18)12-15-3-4-15)28-20(24-17)16-6-9-27-13-16/h1-2,6-7,9,11,13,15,18H,3-5,8,10,12H2,(H,23,26). The van der Waals surface area contributed by atoms with Crippen molar-refractivity contribution >= 4 is 33.6 Å². The summed E-state index contributed by atoms with van der Waals surface area (Å²) >= 11 is 3.43. The van der Waals surface area contributed by atoms with Crippen molar-refractivity contribution in [3.8, 4) is 10.6 Å². The van der Waals surface area contributed by atoms with Crippen molar-refractivity contribution in [1.82, 2.24) is 15.3 Å². The van der Waals surface area contributed by atoms with Crippen LogP contribution in [0.4, 0.5) is 5.00 Å². The van der Waals surface area contributed by atoms with Gasteiger partial charge in [0.25, 0.3) is 0 Å². The van der Waals surface area contributed by atoms with Gasteiger partial charge in [-0.1, -0.05) is 17.4 Å². The zero-order valence-electron chi connectivity index (χ0n) is 15.5. The third-order valence-electron chi connectivity index (χ3n) is 5.36. The maximum absolute atomic E-state index is 12.9. The Bertz CT molecular complexity index is 950. The van der Waals surface area contributed by atoms with Gasteiger partial charge in [-0.15, -0.1) is 0 Å². The van der Waals surface area contributed by atoms with E-state index < -0.39 is 0 Å². The molecular formula is C21H22N4OS2. The average molecular weight is 411 g/mol. The quantitative estimate of drug-likeness (QED) is 0.644. The molecular weight excluding hydrogens is 388 g/mol. The van der Waals surface area contributed by atoms with Crippen LogP contribution in [0.25, 0.3) is 10.6 Å². The molecule has 1 amide bonds. The van der Waals surface area contributed by atoms with Gasteiger partial charge in [0, 0.05) is 42.8 Å². The molecule has 144 valence electrons. The highest BCUT2D eigenvalue weighted by Gasteiger charge is 2.40. The third kappa shape index (κ3) is 3.69. The smallest absolute Gasteiger partial charge is 0.243 e. The van der Waals surface area contributed by atoms with Crippen molar-refractivity contribution in [3.63, 3.8) is 0 Å². The van der Waals surface area contributed by atoms with Crippen molar-refractivity contribution in [3.05, 3.63) is 52.6 Å². The Morgan fingerprint density at radius 1 is 1.32 bits per heavy atom. The Morgan fingerprint density at radius 2 is 2.25 bits per heavy atom. The van der Waals surface area contributed by atoms with E-state index in [9.17, 15) is 4.79 Å². The number of thiophene rings is 1. The van der Waals surface area contributed by atoms with Crippen LogP contribution < -0.4 is 10.2 Å². The van der Waals surface area contributed by atoms with Crippen molar-refractivity contribution in [1.29, 1.82) is 0 Å². The van der Waals surface area contributed by atoms with Crippen LogP contribution in [-0.4, -0.2) is 35.0 Å². The average Bonchev–Trinajstić information content (AvgIpc) is 3.09. The lowest BCUT2D eigenvalue weighted by Gasteiger charge is -2.26. The van der Waals surface area contributed by atoms with Crippen molar-refractivity contribution in [2.24, 2.45) is 5.92 Å². The minimum absolute atomic E-state index is 0.117. The second-order valence-electron chi connectivity index (χ2n) is 7.50. The molecule has 1 saturated carbocycles. The second kappa shape index (κ2) is 7.64. The van der Waals surface area contributed by atoms with Crippen LogP contribution in [0, 0.1) is 5.92 Å². The monoisotopic (exact) mass is 410 g/mol. The largest absolute Gasteiger partial charge is 0.354 e. The maximum Gasteiger partial charge on any atom is 0.243 e. The van der Waals surface area contributed by atoms with Crippen LogP contribution in [0.5, 0.6) is 0 Å². The molecule has 28 heavy (non-hydrogen) atoms. The highest BCUT2D eigenvalue weighted by Crippen LogP contribution is 2.43. The number of pyridine rings is 1. The molecule has 1 fully saturated rings. The fourth-order valence-electron chi connectivity index (χ4n) is 3.66. The summed E-state index contributed by atoms with van der Waals surface area (Å²) in [6.45, 7) is 1.61. The second-order valence-corrected chi connectivity index (χ2v) is 9.26. The maximum atomic E-state index is 12.9. The molecule has 5 rings (SSSR count). The molecule has 3 aromatic rings. The molecule has 1 aliphatic heterocycles.